The highest BCUT2D eigenvalue weighted by Gasteiger charge is 2.24. The van der Waals surface area contributed by atoms with Gasteiger partial charge in [0, 0.05) is 17.0 Å². The van der Waals surface area contributed by atoms with E-state index in [-0.39, 0.29) is 0 Å². The van der Waals surface area contributed by atoms with Gasteiger partial charge in [0.1, 0.15) is 17.2 Å². The second-order valence-electron chi connectivity index (χ2n) is 5.84. The summed E-state index contributed by atoms with van der Waals surface area (Å²) in [6, 6.07) is 4.41. The van der Waals surface area contributed by atoms with Crippen molar-refractivity contribution in [3.63, 3.8) is 0 Å². The van der Waals surface area contributed by atoms with Crippen molar-refractivity contribution in [2.24, 2.45) is 7.05 Å². The first-order valence-corrected chi connectivity index (χ1v) is 7.04. The van der Waals surface area contributed by atoms with Crippen molar-refractivity contribution in [1.82, 2.24) is 9.38 Å². The molecule has 4 nitrogen and oxygen atoms in total. The van der Waals surface area contributed by atoms with E-state index in [2.05, 4.69) is 46.1 Å². The molecule has 0 amide bonds. The van der Waals surface area contributed by atoms with Gasteiger partial charge in [0.25, 0.3) is 6.33 Å². The molecule has 4 heteroatoms. The zero-order chi connectivity index (χ0) is 14.3. The van der Waals surface area contributed by atoms with Crippen LogP contribution in [0, 0.1) is 13.8 Å². The summed E-state index contributed by atoms with van der Waals surface area (Å²) in [7, 11) is 2.04. The molecular weight excluding hydrogens is 262 g/mol. The molecule has 0 N–H and O–H groups in total. The Morgan fingerprint density at radius 1 is 1.14 bits per heavy atom. The van der Waals surface area contributed by atoms with Gasteiger partial charge in [0.2, 0.25) is 0 Å². The molecule has 4 heterocycles. The van der Waals surface area contributed by atoms with E-state index in [4.69, 9.17) is 4.42 Å². The molecule has 0 atom stereocenters. The van der Waals surface area contributed by atoms with Crippen molar-refractivity contribution in [3.8, 4) is 0 Å². The van der Waals surface area contributed by atoms with E-state index in [1.807, 2.05) is 19.6 Å². The molecule has 0 radical (unpaired) electrons. The summed E-state index contributed by atoms with van der Waals surface area (Å²) >= 11 is 0. The molecule has 4 aromatic heterocycles. The van der Waals surface area contributed by atoms with Crippen LogP contribution in [-0.2, 0) is 7.05 Å². The highest BCUT2D eigenvalue weighted by Crippen LogP contribution is 2.37. The smallest absolute Gasteiger partial charge is 0.346 e. The highest BCUT2D eigenvalue weighted by atomic mass is 16.3. The number of aromatic nitrogens is 3. The molecule has 21 heavy (non-hydrogen) atoms. The van der Waals surface area contributed by atoms with E-state index >= 15 is 0 Å². The Kier molecular flexibility index (Phi) is 1.76. The van der Waals surface area contributed by atoms with Crippen LogP contribution in [0.5, 0.6) is 0 Å². The Bertz CT molecular complexity index is 1160. The van der Waals surface area contributed by atoms with E-state index in [0.717, 1.165) is 10.9 Å². The maximum absolute atomic E-state index is 5.68. The number of hydrogen-bond donors (Lipinski definition) is 0. The van der Waals surface area contributed by atoms with E-state index in [1.165, 1.54) is 32.9 Å². The van der Waals surface area contributed by atoms with Gasteiger partial charge in [-0.2, -0.15) is 0 Å². The van der Waals surface area contributed by atoms with Crippen molar-refractivity contribution in [2.75, 3.05) is 0 Å². The van der Waals surface area contributed by atoms with E-state index in [9.17, 15) is 0 Å². The van der Waals surface area contributed by atoms with Crippen LogP contribution in [0.4, 0.5) is 0 Å². The Balaban J connectivity index is 2.34. The first kappa shape index (κ1) is 11.1. The SMILES string of the molecule is Cc1cn2c3coc4nc[n+](C)c(c5c(C)ccc1c52)c43. The fourth-order valence-electron chi connectivity index (χ4n) is 3.59. The number of pyridine rings is 1. The minimum Gasteiger partial charge on any atom is -0.425 e. The predicted molar refractivity (Wildman–Crippen MR) is 81.8 cm³/mol. The summed E-state index contributed by atoms with van der Waals surface area (Å²) in [4.78, 5) is 4.40. The zero-order valence-corrected chi connectivity index (χ0v) is 12.1. The molecule has 102 valence electrons. The summed E-state index contributed by atoms with van der Waals surface area (Å²) in [5.74, 6) is 0. The van der Waals surface area contributed by atoms with Crippen LogP contribution in [0.1, 0.15) is 11.1 Å². The molecule has 0 bridgehead atoms. The van der Waals surface area contributed by atoms with Crippen molar-refractivity contribution >= 4 is 38.4 Å². The van der Waals surface area contributed by atoms with Crippen LogP contribution in [-0.4, -0.2) is 9.38 Å². The normalized spacial score (nSPS) is 12.5. The minimum absolute atomic E-state index is 0.700. The number of aryl methyl sites for hydroxylation is 3. The summed E-state index contributed by atoms with van der Waals surface area (Å²) < 4.78 is 10.0. The number of nitrogens with zero attached hydrogens (tertiary/aromatic N) is 3. The Hall–Kier alpha value is -2.62. The quantitative estimate of drug-likeness (QED) is 0.321. The molecule has 5 aromatic rings. The fourth-order valence-corrected chi connectivity index (χ4v) is 3.59. The molecule has 0 aliphatic rings. The van der Waals surface area contributed by atoms with Crippen molar-refractivity contribution in [1.29, 1.82) is 0 Å². The number of hydrogen-bond acceptors (Lipinski definition) is 2. The first-order chi connectivity index (χ1) is 10.2. The van der Waals surface area contributed by atoms with E-state index < -0.39 is 0 Å². The first-order valence-electron chi connectivity index (χ1n) is 7.04. The van der Waals surface area contributed by atoms with Crippen LogP contribution in [0.25, 0.3) is 38.4 Å². The third-order valence-electron chi connectivity index (χ3n) is 4.56. The van der Waals surface area contributed by atoms with Gasteiger partial charge in [0.15, 0.2) is 5.52 Å². The third-order valence-corrected chi connectivity index (χ3v) is 4.56. The molecule has 0 aliphatic carbocycles. The van der Waals surface area contributed by atoms with Gasteiger partial charge >= 0.3 is 5.71 Å². The van der Waals surface area contributed by atoms with Gasteiger partial charge in [0.05, 0.1) is 12.6 Å². The molecule has 0 spiro atoms. The molecule has 0 unspecified atom stereocenters. The lowest BCUT2D eigenvalue weighted by Crippen LogP contribution is -2.29. The summed E-state index contributed by atoms with van der Waals surface area (Å²) in [6.45, 7) is 4.32. The average Bonchev–Trinajstić information content (AvgIpc) is 3.02. The number of fused-ring (bicyclic) bond motifs is 2. The van der Waals surface area contributed by atoms with Crippen LogP contribution in [0.3, 0.4) is 0 Å². The lowest BCUT2D eigenvalue weighted by Gasteiger charge is -2.08. The lowest BCUT2D eigenvalue weighted by molar-refractivity contribution is -0.647. The number of benzene rings is 1. The van der Waals surface area contributed by atoms with Crippen molar-refractivity contribution in [3.05, 3.63) is 42.0 Å². The lowest BCUT2D eigenvalue weighted by atomic mass is 10.0. The minimum atomic E-state index is 0.700. The maximum atomic E-state index is 5.68. The fraction of sp³-hybridized carbons (Fsp3) is 0.176. The molecule has 0 aliphatic heterocycles. The second kappa shape index (κ2) is 3.34. The summed E-state index contributed by atoms with van der Waals surface area (Å²) in [5, 5.41) is 3.68. The van der Waals surface area contributed by atoms with Crippen LogP contribution < -0.4 is 4.57 Å². The highest BCUT2D eigenvalue weighted by molar-refractivity contribution is 6.19. The van der Waals surface area contributed by atoms with Gasteiger partial charge in [-0.05, 0) is 30.0 Å². The van der Waals surface area contributed by atoms with E-state index in [0.29, 0.717) is 5.71 Å². The van der Waals surface area contributed by atoms with Gasteiger partial charge < -0.3 is 8.82 Å². The van der Waals surface area contributed by atoms with Crippen molar-refractivity contribution in [2.45, 2.75) is 13.8 Å². The van der Waals surface area contributed by atoms with Gasteiger partial charge in [-0.15, -0.1) is 0 Å². The molecule has 1 aromatic carbocycles. The Morgan fingerprint density at radius 3 is 2.86 bits per heavy atom. The van der Waals surface area contributed by atoms with Gasteiger partial charge in [-0.25, -0.2) is 4.57 Å². The maximum Gasteiger partial charge on any atom is 0.346 e. The molecule has 0 saturated heterocycles. The monoisotopic (exact) mass is 276 g/mol. The molecular formula is C17H14N3O+. The van der Waals surface area contributed by atoms with E-state index in [1.54, 1.807) is 0 Å². The summed E-state index contributed by atoms with van der Waals surface area (Å²) in [5.41, 5.74) is 6.80. The largest absolute Gasteiger partial charge is 0.425 e. The van der Waals surface area contributed by atoms with Gasteiger partial charge in [-0.3, -0.25) is 0 Å². The standard InChI is InChI=1S/C17H14N3O/c1-9-4-5-11-10(2)6-20-12-7-21-17-14(12)16(13(9)15(11)20)19(3)8-18-17/h4-8H,1-3H3/q+1. The molecule has 5 rings (SSSR count). The molecule has 0 saturated carbocycles. The topological polar surface area (TPSA) is 34.3 Å². The Morgan fingerprint density at radius 2 is 2.00 bits per heavy atom. The summed E-state index contributed by atoms with van der Waals surface area (Å²) in [6.07, 6.45) is 5.83. The van der Waals surface area contributed by atoms with Crippen molar-refractivity contribution < 1.29 is 8.98 Å². The number of rotatable bonds is 0. The molecule has 0 fully saturated rings. The predicted octanol–water partition coefficient (Wildman–Crippen LogP) is 3.27. The number of furan rings is 1. The third kappa shape index (κ3) is 1.13. The van der Waals surface area contributed by atoms with Crippen LogP contribution in [0.2, 0.25) is 0 Å². The second-order valence-corrected chi connectivity index (χ2v) is 5.84. The van der Waals surface area contributed by atoms with Gasteiger partial charge in [-0.1, -0.05) is 12.1 Å². The zero-order valence-electron chi connectivity index (χ0n) is 12.1. The van der Waals surface area contributed by atoms with Crippen LogP contribution in [0.15, 0.2) is 35.3 Å². The average molecular weight is 276 g/mol. The van der Waals surface area contributed by atoms with Crippen LogP contribution >= 0.6 is 0 Å². The Labute approximate surface area is 120 Å².